The van der Waals surface area contributed by atoms with E-state index in [4.69, 9.17) is 4.74 Å². The molecule has 0 atom stereocenters. The molecule has 0 saturated carbocycles. The molecule has 0 aromatic heterocycles. The Morgan fingerprint density at radius 2 is 2.12 bits per heavy atom. The van der Waals surface area contributed by atoms with Gasteiger partial charge in [0.2, 0.25) is 5.91 Å². The maximum atomic E-state index is 13.4. The molecule has 0 unspecified atom stereocenters. The van der Waals surface area contributed by atoms with Crippen molar-refractivity contribution in [2.75, 3.05) is 5.32 Å². The van der Waals surface area contributed by atoms with Crippen molar-refractivity contribution in [2.45, 2.75) is 32.8 Å². The third kappa shape index (κ3) is 2.01. The van der Waals surface area contributed by atoms with Crippen LogP contribution in [0.15, 0.2) is 12.1 Å². The predicted octanol–water partition coefficient (Wildman–Crippen LogP) is 2.63. The fourth-order valence-corrected chi connectivity index (χ4v) is 1.76. The molecule has 1 aliphatic heterocycles. The Morgan fingerprint density at radius 1 is 1.44 bits per heavy atom. The van der Waals surface area contributed by atoms with Gasteiger partial charge in [0.25, 0.3) is 0 Å². The summed E-state index contributed by atoms with van der Waals surface area (Å²) in [4.78, 5) is 11.6. The number of halogens is 1. The van der Waals surface area contributed by atoms with Crippen LogP contribution < -0.4 is 10.1 Å². The third-order valence-electron chi connectivity index (χ3n) is 2.51. The number of fused-ring (bicyclic) bond motifs is 1. The van der Waals surface area contributed by atoms with Gasteiger partial charge in [-0.05, 0) is 32.4 Å². The molecule has 4 heteroatoms. The number of benzene rings is 1. The monoisotopic (exact) mass is 223 g/mol. The van der Waals surface area contributed by atoms with Crippen molar-refractivity contribution in [3.63, 3.8) is 0 Å². The Morgan fingerprint density at radius 3 is 2.81 bits per heavy atom. The van der Waals surface area contributed by atoms with Gasteiger partial charge in [0.05, 0.1) is 12.1 Å². The number of ether oxygens (including phenoxy) is 1. The van der Waals surface area contributed by atoms with Crippen molar-refractivity contribution in [1.82, 2.24) is 0 Å². The van der Waals surface area contributed by atoms with Crippen LogP contribution in [0.2, 0.25) is 0 Å². The number of hydrogen-bond acceptors (Lipinski definition) is 2. The molecule has 86 valence electrons. The molecule has 0 fully saturated rings. The van der Waals surface area contributed by atoms with E-state index < -0.39 is 5.60 Å². The Bertz CT molecular complexity index is 455. The van der Waals surface area contributed by atoms with Gasteiger partial charge in [0, 0.05) is 6.07 Å². The van der Waals surface area contributed by atoms with Crippen LogP contribution in [-0.4, -0.2) is 11.5 Å². The highest BCUT2D eigenvalue weighted by Gasteiger charge is 2.29. The number of rotatable bonds is 0. The summed E-state index contributed by atoms with van der Waals surface area (Å²) in [6, 6.07) is 2.90. The predicted molar refractivity (Wildman–Crippen MR) is 59.1 cm³/mol. The number of carbonyl (C=O) groups excluding carboxylic acids is 1. The van der Waals surface area contributed by atoms with Gasteiger partial charge in [0.15, 0.2) is 0 Å². The van der Waals surface area contributed by atoms with E-state index in [1.807, 2.05) is 0 Å². The van der Waals surface area contributed by atoms with E-state index in [1.165, 1.54) is 6.07 Å². The summed E-state index contributed by atoms with van der Waals surface area (Å²) >= 11 is 0. The lowest BCUT2D eigenvalue weighted by Gasteiger charge is -2.23. The second kappa shape index (κ2) is 3.47. The molecule has 1 aliphatic rings. The van der Waals surface area contributed by atoms with Crippen LogP contribution in [0, 0.1) is 12.7 Å². The summed E-state index contributed by atoms with van der Waals surface area (Å²) in [5.41, 5.74) is 0.411. The van der Waals surface area contributed by atoms with Gasteiger partial charge >= 0.3 is 0 Å². The Labute approximate surface area is 93.6 Å². The lowest BCUT2D eigenvalue weighted by molar-refractivity contribution is -0.118. The Kier molecular flexibility index (Phi) is 2.37. The molecule has 2 rings (SSSR count). The minimum Gasteiger partial charge on any atom is -0.485 e. The maximum absolute atomic E-state index is 13.4. The fourth-order valence-electron chi connectivity index (χ4n) is 1.76. The van der Waals surface area contributed by atoms with Gasteiger partial charge < -0.3 is 10.1 Å². The lowest BCUT2D eigenvalue weighted by atomic mass is 10.1. The summed E-state index contributed by atoms with van der Waals surface area (Å²) in [7, 11) is 0. The van der Waals surface area contributed by atoms with Crippen molar-refractivity contribution in [2.24, 2.45) is 0 Å². The van der Waals surface area contributed by atoms with Crippen LogP contribution in [0.25, 0.3) is 0 Å². The molecule has 0 bridgehead atoms. The Hall–Kier alpha value is -1.58. The topological polar surface area (TPSA) is 38.3 Å². The summed E-state index contributed by atoms with van der Waals surface area (Å²) < 4.78 is 19.0. The van der Waals surface area contributed by atoms with Gasteiger partial charge in [-0.1, -0.05) is 0 Å². The van der Waals surface area contributed by atoms with E-state index in [0.717, 1.165) is 0 Å². The van der Waals surface area contributed by atoms with Crippen molar-refractivity contribution in [3.8, 4) is 5.75 Å². The number of nitrogens with one attached hydrogen (secondary N) is 1. The average molecular weight is 223 g/mol. The smallest absolute Gasteiger partial charge is 0.228 e. The second-order valence-electron chi connectivity index (χ2n) is 4.68. The first-order chi connectivity index (χ1) is 7.37. The summed E-state index contributed by atoms with van der Waals surface area (Å²) in [5, 5.41) is 2.72. The van der Waals surface area contributed by atoms with Gasteiger partial charge in [-0.2, -0.15) is 0 Å². The molecule has 0 radical (unpaired) electrons. The number of amides is 1. The quantitative estimate of drug-likeness (QED) is 0.734. The second-order valence-corrected chi connectivity index (χ2v) is 4.68. The molecule has 1 N–H and O–H groups in total. The van der Waals surface area contributed by atoms with Gasteiger partial charge in [-0.15, -0.1) is 0 Å². The van der Waals surface area contributed by atoms with Crippen LogP contribution in [-0.2, 0) is 4.79 Å². The van der Waals surface area contributed by atoms with Crippen molar-refractivity contribution < 1.29 is 13.9 Å². The van der Waals surface area contributed by atoms with Crippen molar-refractivity contribution >= 4 is 11.6 Å². The molecule has 0 spiro atoms. The fraction of sp³-hybridized carbons (Fsp3) is 0.417. The number of anilines is 1. The summed E-state index contributed by atoms with van der Waals surface area (Å²) in [6.07, 6.45) is 0.252. The minimum absolute atomic E-state index is 0.116. The molecule has 1 heterocycles. The first kappa shape index (κ1) is 10.9. The van der Waals surface area contributed by atoms with Crippen LogP contribution in [0.3, 0.4) is 0 Å². The number of aryl methyl sites for hydroxylation is 1. The zero-order valence-electron chi connectivity index (χ0n) is 9.56. The molecular weight excluding hydrogens is 209 g/mol. The van der Waals surface area contributed by atoms with Crippen LogP contribution in [0.1, 0.15) is 25.8 Å². The largest absolute Gasteiger partial charge is 0.485 e. The molecule has 0 saturated heterocycles. The lowest BCUT2D eigenvalue weighted by Crippen LogP contribution is -2.30. The highest BCUT2D eigenvalue weighted by Crippen LogP contribution is 2.34. The highest BCUT2D eigenvalue weighted by atomic mass is 19.1. The van der Waals surface area contributed by atoms with Gasteiger partial charge in [0.1, 0.15) is 17.2 Å². The molecule has 1 aromatic rings. The molecule has 16 heavy (non-hydrogen) atoms. The molecule has 1 amide bonds. The van der Waals surface area contributed by atoms with E-state index in [0.29, 0.717) is 17.0 Å². The van der Waals surface area contributed by atoms with Crippen molar-refractivity contribution in [1.29, 1.82) is 0 Å². The Balaban J connectivity index is 2.50. The first-order valence-electron chi connectivity index (χ1n) is 5.16. The van der Waals surface area contributed by atoms with Crippen molar-refractivity contribution in [3.05, 3.63) is 23.5 Å². The van der Waals surface area contributed by atoms with Crippen LogP contribution in [0.4, 0.5) is 10.1 Å². The third-order valence-corrected chi connectivity index (χ3v) is 2.51. The standard InChI is InChI=1S/C12H14FNO2/c1-7-4-9-10(5-8(7)13)16-12(2,3)6-11(15)14-9/h4-5H,6H2,1-3H3,(H,14,15). The molecule has 3 nitrogen and oxygen atoms in total. The van der Waals surface area contributed by atoms with Crippen LogP contribution >= 0.6 is 0 Å². The molecule has 1 aromatic carbocycles. The van der Waals surface area contributed by atoms with Gasteiger partial charge in [-0.3, -0.25) is 4.79 Å². The first-order valence-corrected chi connectivity index (χ1v) is 5.16. The van der Waals surface area contributed by atoms with E-state index in [9.17, 15) is 9.18 Å². The van der Waals surface area contributed by atoms with E-state index in [2.05, 4.69) is 5.32 Å². The summed E-state index contributed by atoms with van der Waals surface area (Å²) in [5.74, 6) is -0.0561. The normalized spacial score (nSPS) is 18.1. The van der Waals surface area contributed by atoms with E-state index in [-0.39, 0.29) is 18.1 Å². The highest BCUT2D eigenvalue weighted by molar-refractivity contribution is 5.93. The maximum Gasteiger partial charge on any atom is 0.228 e. The SMILES string of the molecule is Cc1cc2c(cc1F)OC(C)(C)CC(=O)N2. The molecular formula is C12H14FNO2. The van der Waals surface area contributed by atoms with E-state index in [1.54, 1.807) is 26.8 Å². The summed E-state index contributed by atoms with van der Waals surface area (Å²) in [6.45, 7) is 5.26. The zero-order valence-corrected chi connectivity index (χ0v) is 9.56. The number of hydrogen-bond donors (Lipinski definition) is 1. The average Bonchev–Trinajstić information content (AvgIpc) is 2.21. The molecule has 0 aliphatic carbocycles. The zero-order chi connectivity index (χ0) is 11.9. The van der Waals surface area contributed by atoms with Crippen LogP contribution in [0.5, 0.6) is 5.75 Å². The minimum atomic E-state index is -0.614. The number of carbonyl (C=O) groups is 1. The van der Waals surface area contributed by atoms with Gasteiger partial charge in [-0.25, -0.2) is 4.39 Å². The van der Waals surface area contributed by atoms with E-state index >= 15 is 0 Å².